The number of fused-ring (bicyclic) bond motifs is 1. The van der Waals surface area contributed by atoms with Crippen LogP contribution in [0.3, 0.4) is 0 Å². The van der Waals surface area contributed by atoms with Gasteiger partial charge in [-0.1, -0.05) is 57.2 Å². The van der Waals surface area contributed by atoms with E-state index in [1.807, 2.05) is 44.2 Å². The molecule has 2 aromatic heterocycles. The van der Waals surface area contributed by atoms with E-state index in [0.717, 1.165) is 23.9 Å². The molecule has 35 heavy (non-hydrogen) atoms. The van der Waals surface area contributed by atoms with Crippen molar-refractivity contribution in [3.05, 3.63) is 101 Å². The molecule has 4 rings (SSSR count). The summed E-state index contributed by atoms with van der Waals surface area (Å²) >= 11 is 0. The number of rotatable bonds is 8. The highest BCUT2D eigenvalue weighted by Gasteiger charge is 2.28. The number of carbonyl (C=O) groups is 2. The van der Waals surface area contributed by atoms with Crippen LogP contribution in [0.4, 0.5) is 4.39 Å². The maximum absolute atomic E-state index is 13.6. The van der Waals surface area contributed by atoms with E-state index in [4.69, 9.17) is 0 Å². The Morgan fingerprint density at radius 1 is 1.09 bits per heavy atom. The molecule has 0 aliphatic carbocycles. The van der Waals surface area contributed by atoms with Gasteiger partial charge in [-0.2, -0.15) is 0 Å². The standard InChI is InChI=1S/C28H28FN3O3/c1-4-23(19-8-6-5-7-9-19)32-24-13-20(28(34)35)10-11-22(24)25(26(32)17(2)3)27(33)31-15-18-12-21(29)16-30-14-18/h5-14,16-17,23H,4,15H2,1-3H3,(H,31,33)(H,34,35). The monoisotopic (exact) mass is 473 g/mol. The first-order valence-electron chi connectivity index (χ1n) is 11.7. The van der Waals surface area contributed by atoms with Crippen LogP contribution >= 0.6 is 0 Å². The van der Waals surface area contributed by atoms with Gasteiger partial charge in [0.2, 0.25) is 0 Å². The Kier molecular flexibility index (Phi) is 6.96. The molecule has 2 N–H and O–H groups in total. The number of aromatic carboxylic acids is 1. The minimum Gasteiger partial charge on any atom is -0.478 e. The Hall–Kier alpha value is -4.00. The van der Waals surface area contributed by atoms with Gasteiger partial charge in [-0.3, -0.25) is 9.78 Å². The van der Waals surface area contributed by atoms with E-state index in [0.29, 0.717) is 22.0 Å². The predicted molar refractivity (Wildman–Crippen MR) is 133 cm³/mol. The third-order valence-electron chi connectivity index (χ3n) is 6.16. The molecule has 0 saturated carbocycles. The summed E-state index contributed by atoms with van der Waals surface area (Å²) in [6.45, 7) is 6.24. The first-order chi connectivity index (χ1) is 16.8. The van der Waals surface area contributed by atoms with Gasteiger partial charge in [0.05, 0.1) is 28.9 Å². The van der Waals surface area contributed by atoms with Gasteiger partial charge in [-0.25, -0.2) is 9.18 Å². The highest BCUT2D eigenvalue weighted by molar-refractivity contribution is 6.10. The number of benzene rings is 2. The molecule has 2 heterocycles. The molecule has 0 aliphatic rings. The van der Waals surface area contributed by atoms with Crippen LogP contribution in [-0.4, -0.2) is 26.5 Å². The van der Waals surface area contributed by atoms with Gasteiger partial charge < -0.3 is 15.0 Å². The van der Waals surface area contributed by atoms with Crippen LogP contribution in [0.15, 0.2) is 67.0 Å². The summed E-state index contributed by atoms with van der Waals surface area (Å²) in [6.07, 6.45) is 3.38. The second kappa shape index (κ2) is 10.1. The van der Waals surface area contributed by atoms with E-state index in [2.05, 4.69) is 21.8 Å². The molecule has 1 unspecified atom stereocenters. The fourth-order valence-electron chi connectivity index (χ4n) is 4.67. The van der Waals surface area contributed by atoms with Crippen LogP contribution in [0.2, 0.25) is 0 Å². The Labute approximate surface area is 203 Å². The number of nitrogens with zero attached hydrogens (tertiary/aromatic N) is 2. The van der Waals surface area contributed by atoms with Gasteiger partial charge >= 0.3 is 5.97 Å². The molecule has 0 bridgehead atoms. The summed E-state index contributed by atoms with van der Waals surface area (Å²) in [5, 5.41) is 13.2. The lowest BCUT2D eigenvalue weighted by Gasteiger charge is -2.24. The average molecular weight is 474 g/mol. The average Bonchev–Trinajstić information content (AvgIpc) is 3.18. The molecule has 1 amide bonds. The number of amides is 1. The van der Waals surface area contributed by atoms with Crippen molar-refractivity contribution < 1.29 is 19.1 Å². The van der Waals surface area contributed by atoms with Crippen LogP contribution in [0, 0.1) is 5.82 Å². The van der Waals surface area contributed by atoms with Gasteiger partial charge in [0.15, 0.2) is 0 Å². The molecule has 1 atom stereocenters. The lowest BCUT2D eigenvalue weighted by molar-refractivity contribution is 0.0696. The zero-order valence-electron chi connectivity index (χ0n) is 20.0. The van der Waals surface area contributed by atoms with Crippen LogP contribution in [0.1, 0.15) is 76.7 Å². The number of carboxylic acids is 1. The topological polar surface area (TPSA) is 84.2 Å². The Bertz CT molecular complexity index is 1380. The third kappa shape index (κ3) is 4.80. The summed E-state index contributed by atoms with van der Waals surface area (Å²) in [7, 11) is 0. The molecule has 7 heteroatoms. The van der Waals surface area contributed by atoms with Crippen molar-refractivity contribution in [2.45, 2.75) is 45.7 Å². The minimum absolute atomic E-state index is 0.0231. The Morgan fingerprint density at radius 2 is 1.83 bits per heavy atom. The van der Waals surface area contributed by atoms with Gasteiger partial charge in [0, 0.05) is 23.8 Å². The van der Waals surface area contributed by atoms with Gasteiger partial charge in [-0.05, 0) is 41.7 Å². The number of hydrogen-bond acceptors (Lipinski definition) is 3. The Balaban J connectivity index is 1.90. The predicted octanol–water partition coefficient (Wildman–Crippen LogP) is 5.93. The SMILES string of the molecule is CCC(c1ccccc1)n1c(C(C)C)c(C(=O)NCc2cncc(F)c2)c2ccc(C(=O)O)cc21. The molecule has 0 radical (unpaired) electrons. The second-order valence-electron chi connectivity index (χ2n) is 8.85. The van der Waals surface area contributed by atoms with Crippen molar-refractivity contribution in [1.82, 2.24) is 14.9 Å². The van der Waals surface area contributed by atoms with Crippen LogP contribution in [0.5, 0.6) is 0 Å². The molecule has 0 aliphatic heterocycles. The quantitative estimate of drug-likeness (QED) is 0.332. The molecule has 180 valence electrons. The van der Waals surface area contributed by atoms with Crippen molar-refractivity contribution in [3.63, 3.8) is 0 Å². The van der Waals surface area contributed by atoms with E-state index in [1.54, 1.807) is 12.1 Å². The van der Waals surface area contributed by atoms with E-state index in [9.17, 15) is 19.1 Å². The summed E-state index contributed by atoms with van der Waals surface area (Å²) in [5.41, 5.74) is 3.82. The molecule has 0 saturated heterocycles. The smallest absolute Gasteiger partial charge is 0.335 e. The van der Waals surface area contributed by atoms with Crippen LogP contribution in [-0.2, 0) is 6.54 Å². The summed E-state index contributed by atoms with van der Waals surface area (Å²) < 4.78 is 15.7. The van der Waals surface area contributed by atoms with Gasteiger partial charge in [0.25, 0.3) is 5.91 Å². The van der Waals surface area contributed by atoms with Crippen molar-refractivity contribution in [1.29, 1.82) is 0 Å². The number of carbonyl (C=O) groups excluding carboxylic acids is 1. The fraction of sp³-hybridized carbons (Fsp3) is 0.250. The van der Waals surface area contributed by atoms with Crippen molar-refractivity contribution in [3.8, 4) is 0 Å². The van der Waals surface area contributed by atoms with E-state index in [-0.39, 0.29) is 30.0 Å². The molecule has 0 spiro atoms. The number of pyridine rings is 1. The Morgan fingerprint density at radius 3 is 2.46 bits per heavy atom. The van der Waals surface area contributed by atoms with Crippen LogP contribution < -0.4 is 5.32 Å². The van der Waals surface area contributed by atoms with Gasteiger partial charge in [0.1, 0.15) is 5.82 Å². The highest BCUT2D eigenvalue weighted by Crippen LogP contribution is 2.38. The van der Waals surface area contributed by atoms with Gasteiger partial charge in [-0.15, -0.1) is 0 Å². The maximum atomic E-state index is 13.6. The summed E-state index contributed by atoms with van der Waals surface area (Å²) in [5.74, 6) is -1.81. The fourth-order valence-corrected chi connectivity index (χ4v) is 4.67. The number of halogens is 1. The van der Waals surface area contributed by atoms with E-state index in [1.165, 1.54) is 18.3 Å². The largest absolute Gasteiger partial charge is 0.478 e. The molecule has 6 nitrogen and oxygen atoms in total. The first-order valence-corrected chi connectivity index (χ1v) is 11.7. The number of hydrogen-bond donors (Lipinski definition) is 2. The van der Waals surface area contributed by atoms with E-state index < -0.39 is 11.8 Å². The van der Waals surface area contributed by atoms with Crippen molar-refractivity contribution in [2.75, 3.05) is 0 Å². The normalized spacial score (nSPS) is 12.1. The third-order valence-corrected chi connectivity index (χ3v) is 6.16. The molecule has 2 aromatic carbocycles. The zero-order valence-corrected chi connectivity index (χ0v) is 20.0. The molecule has 0 fully saturated rings. The lowest BCUT2D eigenvalue weighted by Crippen LogP contribution is -2.25. The number of carboxylic acid groups (broad SMARTS) is 1. The highest BCUT2D eigenvalue weighted by atomic mass is 19.1. The molecular weight excluding hydrogens is 445 g/mol. The zero-order chi connectivity index (χ0) is 25.1. The van der Waals surface area contributed by atoms with Crippen LogP contribution in [0.25, 0.3) is 10.9 Å². The maximum Gasteiger partial charge on any atom is 0.335 e. The first kappa shape index (κ1) is 24.1. The molecule has 4 aromatic rings. The van der Waals surface area contributed by atoms with E-state index >= 15 is 0 Å². The van der Waals surface area contributed by atoms with Crippen molar-refractivity contribution in [2.24, 2.45) is 0 Å². The summed E-state index contributed by atoms with van der Waals surface area (Å²) in [4.78, 5) is 29.2. The number of nitrogens with one attached hydrogen (secondary N) is 1. The second-order valence-corrected chi connectivity index (χ2v) is 8.85. The number of aromatic nitrogens is 2. The van der Waals surface area contributed by atoms with Crippen molar-refractivity contribution >= 4 is 22.8 Å². The minimum atomic E-state index is -1.02. The molecular formula is C28H28FN3O3. The summed E-state index contributed by atoms with van der Waals surface area (Å²) in [6, 6.07) is 16.1. The lowest BCUT2D eigenvalue weighted by atomic mass is 10.00.